The van der Waals surface area contributed by atoms with Gasteiger partial charge in [-0.15, -0.1) is 0 Å². The molecule has 0 spiro atoms. The highest BCUT2D eigenvalue weighted by molar-refractivity contribution is 6.13. The smallest absolute Gasteiger partial charge is 0.0135 e. The van der Waals surface area contributed by atoms with Gasteiger partial charge in [-0.05, 0) is 22.2 Å². The lowest BCUT2D eigenvalue weighted by Gasteiger charge is -2.25. The summed E-state index contributed by atoms with van der Waals surface area (Å²) >= 11 is 0. The normalized spacial score (nSPS) is 12.4. The lowest BCUT2D eigenvalue weighted by Crippen LogP contribution is -2.13. The molecule has 0 aliphatic carbocycles. The fourth-order valence-corrected chi connectivity index (χ4v) is 4.19. The third-order valence-corrected chi connectivity index (χ3v) is 5.48. The van der Waals surface area contributed by atoms with E-state index in [2.05, 4.69) is 91.0 Å². The molecule has 104 valence electrons. The third-order valence-electron chi connectivity index (χ3n) is 4.14. The van der Waals surface area contributed by atoms with Crippen LogP contribution in [0.25, 0.3) is 0 Å². The highest BCUT2D eigenvalue weighted by atomic mass is 28.1. The standard InChI is InChI=1S/C20H20Si/c21-20(18-14-8-3-9-15-18)19(16-10-4-1-5-11-16)17-12-6-2-7-13-17/h1-15,19-20H,21H3. The summed E-state index contributed by atoms with van der Waals surface area (Å²) in [5.74, 6) is 0.446. The number of benzene rings is 3. The Bertz CT molecular complexity index is 622. The average Bonchev–Trinajstić information content (AvgIpc) is 2.58. The van der Waals surface area contributed by atoms with Gasteiger partial charge in [0.05, 0.1) is 0 Å². The van der Waals surface area contributed by atoms with Gasteiger partial charge in [0.25, 0.3) is 0 Å². The molecule has 0 nitrogen and oxygen atoms in total. The van der Waals surface area contributed by atoms with E-state index in [4.69, 9.17) is 0 Å². The van der Waals surface area contributed by atoms with Crippen LogP contribution in [-0.2, 0) is 0 Å². The molecule has 0 saturated carbocycles. The maximum Gasteiger partial charge on any atom is 0.0135 e. The molecule has 0 saturated heterocycles. The van der Waals surface area contributed by atoms with E-state index in [1.54, 1.807) is 0 Å². The second-order valence-corrected chi connectivity index (χ2v) is 6.74. The van der Waals surface area contributed by atoms with Gasteiger partial charge < -0.3 is 0 Å². The zero-order valence-corrected chi connectivity index (χ0v) is 14.3. The first-order chi connectivity index (χ1) is 10.4. The van der Waals surface area contributed by atoms with Crippen molar-refractivity contribution >= 4 is 10.2 Å². The third kappa shape index (κ3) is 3.14. The Hall–Kier alpha value is -2.12. The molecule has 1 atom stereocenters. The molecular weight excluding hydrogens is 268 g/mol. The summed E-state index contributed by atoms with van der Waals surface area (Å²) in [5.41, 5.74) is 4.85. The van der Waals surface area contributed by atoms with Gasteiger partial charge in [-0.2, -0.15) is 0 Å². The fraction of sp³-hybridized carbons (Fsp3) is 0.100. The van der Waals surface area contributed by atoms with Gasteiger partial charge in [-0.3, -0.25) is 0 Å². The Morgan fingerprint density at radius 3 is 1.19 bits per heavy atom. The van der Waals surface area contributed by atoms with Gasteiger partial charge in [0.2, 0.25) is 0 Å². The summed E-state index contributed by atoms with van der Waals surface area (Å²) in [6, 6.07) is 32.7. The van der Waals surface area contributed by atoms with Gasteiger partial charge >= 0.3 is 0 Å². The lowest BCUT2D eigenvalue weighted by molar-refractivity contribution is 0.774. The van der Waals surface area contributed by atoms with Crippen LogP contribution in [0.15, 0.2) is 91.0 Å². The van der Waals surface area contributed by atoms with Crippen molar-refractivity contribution < 1.29 is 0 Å². The minimum absolute atomic E-state index is 0.446. The van der Waals surface area contributed by atoms with Gasteiger partial charge in [-0.25, -0.2) is 0 Å². The number of hydrogen-bond donors (Lipinski definition) is 0. The molecule has 1 heteroatoms. The van der Waals surface area contributed by atoms with Crippen molar-refractivity contribution in [3.05, 3.63) is 108 Å². The molecule has 0 bridgehead atoms. The minimum atomic E-state index is 0.446. The van der Waals surface area contributed by atoms with Crippen LogP contribution in [0, 0.1) is 0 Å². The first kappa shape index (κ1) is 13.8. The van der Waals surface area contributed by atoms with E-state index in [1.165, 1.54) is 16.7 Å². The predicted molar refractivity (Wildman–Crippen MR) is 93.8 cm³/mol. The van der Waals surface area contributed by atoms with Gasteiger partial charge in [-0.1, -0.05) is 91.0 Å². The summed E-state index contributed by atoms with van der Waals surface area (Å²) in [7, 11) is 1.13. The number of hydrogen-bond acceptors (Lipinski definition) is 0. The molecular formula is C20H20Si. The minimum Gasteiger partial charge on any atom is -0.0622 e. The molecule has 1 unspecified atom stereocenters. The van der Waals surface area contributed by atoms with E-state index < -0.39 is 0 Å². The zero-order valence-electron chi connectivity index (χ0n) is 12.3. The summed E-state index contributed by atoms with van der Waals surface area (Å²) in [4.78, 5) is 0. The van der Waals surface area contributed by atoms with E-state index in [9.17, 15) is 0 Å². The molecule has 0 heterocycles. The van der Waals surface area contributed by atoms with Gasteiger partial charge in [0.15, 0.2) is 0 Å². The number of rotatable bonds is 4. The van der Waals surface area contributed by atoms with E-state index in [1.807, 2.05) is 0 Å². The lowest BCUT2D eigenvalue weighted by atomic mass is 9.85. The molecule has 3 aromatic rings. The van der Waals surface area contributed by atoms with Crippen molar-refractivity contribution in [1.29, 1.82) is 0 Å². The van der Waals surface area contributed by atoms with Crippen LogP contribution in [-0.4, -0.2) is 10.2 Å². The monoisotopic (exact) mass is 288 g/mol. The second-order valence-electron chi connectivity index (χ2n) is 5.50. The van der Waals surface area contributed by atoms with Gasteiger partial charge in [0, 0.05) is 16.2 Å². The molecule has 21 heavy (non-hydrogen) atoms. The summed E-state index contributed by atoms with van der Waals surface area (Å²) < 4.78 is 0. The molecule has 0 fully saturated rings. The van der Waals surface area contributed by atoms with Gasteiger partial charge in [0.1, 0.15) is 0 Å². The first-order valence-corrected chi connectivity index (χ1v) is 8.66. The van der Waals surface area contributed by atoms with Crippen LogP contribution >= 0.6 is 0 Å². The van der Waals surface area contributed by atoms with Crippen molar-refractivity contribution in [2.24, 2.45) is 0 Å². The molecule has 0 aliphatic rings. The molecule has 0 aromatic heterocycles. The van der Waals surface area contributed by atoms with E-state index in [0.29, 0.717) is 11.5 Å². The highest BCUT2D eigenvalue weighted by Gasteiger charge is 2.22. The molecule has 3 aromatic carbocycles. The van der Waals surface area contributed by atoms with Crippen LogP contribution in [0.2, 0.25) is 0 Å². The van der Waals surface area contributed by atoms with Crippen LogP contribution in [0.3, 0.4) is 0 Å². The zero-order chi connectivity index (χ0) is 14.5. The summed E-state index contributed by atoms with van der Waals surface area (Å²) in [6.07, 6.45) is 0. The fourth-order valence-electron chi connectivity index (χ4n) is 3.04. The molecule has 0 radical (unpaired) electrons. The largest absolute Gasteiger partial charge is 0.0622 e. The second kappa shape index (κ2) is 6.55. The molecule has 0 aliphatic heterocycles. The van der Waals surface area contributed by atoms with Crippen LogP contribution < -0.4 is 0 Å². The summed E-state index contributed by atoms with van der Waals surface area (Å²) in [5, 5.41) is 0. The Kier molecular flexibility index (Phi) is 4.32. The highest BCUT2D eigenvalue weighted by Crippen LogP contribution is 2.36. The van der Waals surface area contributed by atoms with E-state index in [-0.39, 0.29) is 0 Å². The van der Waals surface area contributed by atoms with Crippen molar-refractivity contribution in [1.82, 2.24) is 0 Å². The average molecular weight is 288 g/mol. The Labute approximate surface area is 129 Å². The van der Waals surface area contributed by atoms with Crippen molar-refractivity contribution in [2.45, 2.75) is 11.5 Å². The molecule has 0 amide bonds. The van der Waals surface area contributed by atoms with Crippen LogP contribution in [0.5, 0.6) is 0 Å². The van der Waals surface area contributed by atoms with Crippen LogP contribution in [0.4, 0.5) is 0 Å². The SMILES string of the molecule is [SiH3]C(c1ccccc1)C(c1ccccc1)c1ccccc1. The topological polar surface area (TPSA) is 0 Å². The molecule has 0 N–H and O–H groups in total. The summed E-state index contributed by atoms with van der Waals surface area (Å²) in [6.45, 7) is 0. The quantitative estimate of drug-likeness (QED) is 0.638. The molecule has 3 rings (SSSR count). The Morgan fingerprint density at radius 2 is 0.810 bits per heavy atom. The maximum absolute atomic E-state index is 2.26. The predicted octanol–water partition coefficient (Wildman–Crippen LogP) is 3.93. The Balaban J connectivity index is 2.05. The maximum atomic E-state index is 2.26. The first-order valence-electron chi connectivity index (χ1n) is 7.51. The van der Waals surface area contributed by atoms with E-state index >= 15 is 0 Å². The van der Waals surface area contributed by atoms with Crippen molar-refractivity contribution in [3.63, 3.8) is 0 Å². The Morgan fingerprint density at radius 1 is 0.476 bits per heavy atom. The van der Waals surface area contributed by atoms with Crippen molar-refractivity contribution in [2.75, 3.05) is 0 Å². The van der Waals surface area contributed by atoms with Crippen LogP contribution in [0.1, 0.15) is 28.1 Å². The van der Waals surface area contributed by atoms with E-state index in [0.717, 1.165) is 10.2 Å². The van der Waals surface area contributed by atoms with Crippen molar-refractivity contribution in [3.8, 4) is 0 Å².